The quantitative estimate of drug-likeness (QED) is 0.714. The minimum atomic E-state index is 0.123. The molecule has 0 bridgehead atoms. The molecule has 25 heavy (non-hydrogen) atoms. The van der Waals surface area contributed by atoms with Crippen molar-refractivity contribution in [3.05, 3.63) is 17.7 Å². The Bertz CT molecular complexity index is 557. The number of carbonyl (C=O) groups excluding carboxylic acids is 1. The van der Waals surface area contributed by atoms with Gasteiger partial charge in [-0.25, -0.2) is 0 Å². The first-order chi connectivity index (χ1) is 12.2. The average Bonchev–Trinajstić information content (AvgIpc) is 2.66. The Kier molecular flexibility index (Phi) is 7.85. The molecule has 6 nitrogen and oxygen atoms in total. The summed E-state index contributed by atoms with van der Waals surface area (Å²) < 4.78 is 16.1. The Morgan fingerprint density at radius 1 is 1.12 bits per heavy atom. The SMILES string of the molecule is COc1ccc(CCNC(=O)CCC2CCNCC2)c(OC)c1OC. The monoisotopic (exact) mass is 350 g/mol. The molecule has 0 radical (unpaired) electrons. The highest BCUT2D eigenvalue weighted by Crippen LogP contribution is 2.39. The van der Waals surface area contributed by atoms with Gasteiger partial charge in [0.15, 0.2) is 11.5 Å². The maximum atomic E-state index is 12.1. The van der Waals surface area contributed by atoms with E-state index in [1.807, 2.05) is 12.1 Å². The second kappa shape index (κ2) is 10.1. The summed E-state index contributed by atoms with van der Waals surface area (Å²) in [6.45, 7) is 2.73. The summed E-state index contributed by atoms with van der Waals surface area (Å²) in [5.41, 5.74) is 0.985. The second-order valence-electron chi connectivity index (χ2n) is 6.33. The summed E-state index contributed by atoms with van der Waals surface area (Å²) in [6.07, 6.45) is 4.62. The lowest BCUT2D eigenvalue weighted by Gasteiger charge is -2.22. The number of rotatable bonds is 9. The summed E-state index contributed by atoms with van der Waals surface area (Å²) in [5, 5.41) is 6.36. The Morgan fingerprint density at radius 2 is 1.84 bits per heavy atom. The van der Waals surface area contributed by atoms with E-state index in [1.165, 1.54) is 12.8 Å². The number of carbonyl (C=O) groups is 1. The third-order valence-electron chi connectivity index (χ3n) is 4.74. The van der Waals surface area contributed by atoms with Gasteiger partial charge in [-0.05, 0) is 50.8 Å². The Morgan fingerprint density at radius 3 is 2.48 bits per heavy atom. The fourth-order valence-corrected chi connectivity index (χ4v) is 3.29. The second-order valence-corrected chi connectivity index (χ2v) is 6.33. The van der Waals surface area contributed by atoms with Gasteiger partial charge in [0.2, 0.25) is 11.7 Å². The molecule has 1 amide bonds. The molecule has 0 saturated carbocycles. The Labute approximate surface area is 150 Å². The summed E-state index contributed by atoms with van der Waals surface area (Å²) in [5.74, 6) is 2.68. The van der Waals surface area contributed by atoms with E-state index < -0.39 is 0 Å². The molecule has 0 aromatic heterocycles. The van der Waals surface area contributed by atoms with Gasteiger partial charge in [0.25, 0.3) is 0 Å². The molecular weight excluding hydrogens is 320 g/mol. The third-order valence-corrected chi connectivity index (χ3v) is 4.74. The van der Waals surface area contributed by atoms with Crippen molar-refractivity contribution in [1.82, 2.24) is 10.6 Å². The van der Waals surface area contributed by atoms with Gasteiger partial charge in [-0.15, -0.1) is 0 Å². The predicted molar refractivity (Wildman–Crippen MR) is 97.6 cm³/mol. The zero-order chi connectivity index (χ0) is 18.1. The van der Waals surface area contributed by atoms with Crippen molar-refractivity contribution >= 4 is 5.91 Å². The van der Waals surface area contributed by atoms with Crippen LogP contribution in [0.1, 0.15) is 31.2 Å². The number of ether oxygens (including phenoxy) is 3. The molecule has 1 fully saturated rings. The first kappa shape index (κ1) is 19.4. The molecule has 1 saturated heterocycles. The minimum absolute atomic E-state index is 0.123. The topological polar surface area (TPSA) is 68.8 Å². The number of methoxy groups -OCH3 is 3. The van der Waals surface area contributed by atoms with Crippen LogP contribution in [0.4, 0.5) is 0 Å². The number of hydrogen-bond acceptors (Lipinski definition) is 5. The van der Waals surface area contributed by atoms with Crippen molar-refractivity contribution in [2.45, 2.75) is 32.1 Å². The van der Waals surface area contributed by atoms with Gasteiger partial charge in [0.1, 0.15) is 0 Å². The molecule has 0 aliphatic carbocycles. The summed E-state index contributed by atoms with van der Waals surface area (Å²) >= 11 is 0. The highest BCUT2D eigenvalue weighted by atomic mass is 16.5. The van der Waals surface area contributed by atoms with Crippen LogP contribution < -0.4 is 24.8 Å². The van der Waals surface area contributed by atoms with Crippen LogP contribution in [0.3, 0.4) is 0 Å². The van der Waals surface area contributed by atoms with Crippen LogP contribution in [0, 0.1) is 5.92 Å². The first-order valence-electron chi connectivity index (χ1n) is 8.94. The van der Waals surface area contributed by atoms with E-state index in [1.54, 1.807) is 21.3 Å². The minimum Gasteiger partial charge on any atom is -0.493 e. The van der Waals surface area contributed by atoms with Crippen LogP contribution in [-0.4, -0.2) is 46.9 Å². The van der Waals surface area contributed by atoms with Crippen LogP contribution in [0.15, 0.2) is 12.1 Å². The van der Waals surface area contributed by atoms with Crippen molar-refractivity contribution in [3.63, 3.8) is 0 Å². The largest absolute Gasteiger partial charge is 0.493 e. The van der Waals surface area contributed by atoms with Crippen LogP contribution in [0.5, 0.6) is 17.2 Å². The standard InChI is InChI=1S/C19H30N2O4/c1-23-16-6-5-15(18(24-2)19(16)25-3)10-13-21-17(22)7-4-14-8-11-20-12-9-14/h5-6,14,20H,4,7-13H2,1-3H3,(H,21,22). The number of piperidine rings is 1. The van der Waals surface area contributed by atoms with Crippen molar-refractivity contribution in [1.29, 1.82) is 0 Å². The summed E-state index contributed by atoms with van der Waals surface area (Å²) in [7, 11) is 4.80. The van der Waals surface area contributed by atoms with E-state index in [9.17, 15) is 4.79 Å². The number of nitrogens with one attached hydrogen (secondary N) is 2. The van der Waals surface area contributed by atoms with Crippen LogP contribution in [0.25, 0.3) is 0 Å². The fraction of sp³-hybridized carbons (Fsp3) is 0.632. The lowest BCUT2D eigenvalue weighted by atomic mass is 9.93. The van der Waals surface area contributed by atoms with Crippen LogP contribution in [0.2, 0.25) is 0 Å². The smallest absolute Gasteiger partial charge is 0.220 e. The van der Waals surface area contributed by atoms with E-state index in [2.05, 4.69) is 10.6 Å². The normalized spacial score (nSPS) is 14.8. The highest BCUT2D eigenvalue weighted by molar-refractivity contribution is 5.75. The van der Waals surface area contributed by atoms with E-state index in [0.717, 1.165) is 25.1 Å². The van der Waals surface area contributed by atoms with E-state index in [4.69, 9.17) is 14.2 Å². The molecule has 1 aliphatic heterocycles. The molecule has 1 heterocycles. The van der Waals surface area contributed by atoms with Crippen LogP contribution in [-0.2, 0) is 11.2 Å². The van der Waals surface area contributed by atoms with Crippen molar-refractivity contribution in [2.75, 3.05) is 41.0 Å². The van der Waals surface area contributed by atoms with Gasteiger partial charge >= 0.3 is 0 Å². The molecule has 0 spiro atoms. The molecule has 2 N–H and O–H groups in total. The zero-order valence-corrected chi connectivity index (χ0v) is 15.5. The number of hydrogen-bond donors (Lipinski definition) is 2. The summed E-state index contributed by atoms with van der Waals surface area (Å²) in [6, 6.07) is 3.80. The highest BCUT2D eigenvalue weighted by Gasteiger charge is 2.16. The molecule has 0 unspecified atom stereocenters. The lowest BCUT2D eigenvalue weighted by molar-refractivity contribution is -0.121. The maximum Gasteiger partial charge on any atom is 0.220 e. The van der Waals surface area contributed by atoms with Gasteiger partial charge in [-0.2, -0.15) is 0 Å². The van der Waals surface area contributed by atoms with Gasteiger partial charge in [0, 0.05) is 18.5 Å². The maximum absolute atomic E-state index is 12.1. The van der Waals surface area contributed by atoms with E-state index >= 15 is 0 Å². The van der Waals surface area contributed by atoms with Gasteiger partial charge in [-0.1, -0.05) is 6.07 Å². The van der Waals surface area contributed by atoms with Crippen molar-refractivity contribution in [2.24, 2.45) is 5.92 Å². The number of amides is 1. The van der Waals surface area contributed by atoms with Gasteiger partial charge in [-0.3, -0.25) is 4.79 Å². The van der Waals surface area contributed by atoms with E-state index in [-0.39, 0.29) is 5.91 Å². The molecule has 2 rings (SSSR count). The van der Waals surface area contributed by atoms with Gasteiger partial charge in [0.05, 0.1) is 21.3 Å². The summed E-state index contributed by atoms with van der Waals surface area (Å²) in [4.78, 5) is 12.1. The lowest BCUT2D eigenvalue weighted by Crippen LogP contribution is -2.30. The molecule has 140 valence electrons. The molecular formula is C19H30N2O4. The molecule has 0 atom stereocenters. The molecule has 1 aromatic carbocycles. The molecule has 1 aliphatic rings. The molecule has 6 heteroatoms. The van der Waals surface area contributed by atoms with Crippen molar-refractivity contribution in [3.8, 4) is 17.2 Å². The Balaban J connectivity index is 1.81. The number of benzene rings is 1. The fourth-order valence-electron chi connectivity index (χ4n) is 3.29. The average molecular weight is 350 g/mol. The van der Waals surface area contributed by atoms with Crippen molar-refractivity contribution < 1.29 is 19.0 Å². The zero-order valence-electron chi connectivity index (χ0n) is 15.5. The third kappa shape index (κ3) is 5.53. The van der Waals surface area contributed by atoms with E-state index in [0.29, 0.717) is 42.6 Å². The van der Waals surface area contributed by atoms with Crippen LogP contribution >= 0.6 is 0 Å². The predicted octanol–water partition coefficient (Wildman–Crippen LogP) is 2.15. The molecule has 1 aromatic rings. The first-order valence-corrected chi connectivity index (χ1v) is 8.94. The van der Waals surface area contributed by atoms with Gasteiger partial charge < -0.3 is 24.8 Å². The Hall–Kier alpha value is -1.95.